The summed E-state index contributed by atoms with van der Waals surface area (Å²) in [5.74, 6) is 0.395. The van der Waals surface area contributed by atoms with E-state index in [0.29, 0.717) is 28.2 Å². The van der Waals surface area contributed by atoms with Gasteiger partial charge in [0.15, 0.2) is 5.58 Å². The van der Waals surface area contributed by atoms with E-state index in [9.17, 15) is 4.79 Å². The zero-order valence-electron chi connectivity index (χ0n) is 12.1. The van der Waals surface area contributed by atoms with Crippen LogP contribution in [-0.2, 0) is 0 Å². The highest BCUT2D eigenvalue weighted by atomic mass is 16.3. The molecule has 0 unspecified atom stereocenters. The Balaban J connectivity index is 2.06. The van der Waals surface area contributed by atoms with Gasteiger partial charge >= 0.3 is 0 Å². The molecule has 0 bridgehead atoms. The predicted molar refractivity (Wildman–Crippen MR) is 80.0 cm³/mol. The minimum Gasteiger partial charge on any atom is -0.435 e. The van der Waals surface area contributed by atoms with E-state index in [-0.39, 0.29) is 5.91 Å². The molecule has 0 atom stereocenters. The van der Waals surface area contributed by atoms with Crippen molar-refractivity contribution in [3.05, 3.63) is 47.7 Å². The molecule has 1 aromatic carbocycles. The average molecular weight is 281 g/mol. The van der Waals surface area contributed by atoms with Crippen LogP contribution in [0.25, 0.3) is 22.7 Å². The number of carbonyl (C=O) groups excluding carboxylic acids is 1. The molecule has 0 saturated carbocycles. The molecule has 3 aromatic rings. The van der Waals surface area contributed by atoms with Crippen LogP contribution >= 0.6 is 0 Å². The fourth-order valence-electron chi connectivity index (χ4n) is 2.09. The first-order chi connectivity index (χ1) is 10.0. The second-order valence-corrected chi connectivity index (χ2v) is 5.07. The van der Waals surface area contributed by atoms with Crippen LogP contribution in [-0.4, -0.2) is 34.9 Å². The highest BCUT2D eigenvalue weighted by Crippen LogP contribution is 2.24. The lowest BCUT2D eigenvalue weighted by molar-refractivity contribution is 0.0827. The molecule has 0 N–H and O–H groups in total. The number of pyridine rings is 1. The maximum absolute atomic E-state index is 12.0. The number of carbonyl (C=O) groups is 1. The van der Waals surface area contributed by atoms with Gasteiger partial charge in [0.25, 0.3) is 5.91 Å². The van der Waals surface area contributed by atoms with Crippen molar-refractivity contribution in [1.82, 2.24) is 14.9 Å². The van der Waals surface area contributed by atoms with Crippen LogP contribution < -0.4 is 0 Å². The van der Waals surface area contributed by atoms with Crippen molar-refractivity contribution in [3.63, 3.8) is 0 Å². The first kappa shape index (κ1) is 13.3. The summed E-state index contributed by atoms with van der Waals surface area (Å²) in [6.07, 6.45) is 0. The summed E-state index contributed by atoms with van der Waals surface area (Å²) in [5.41, 5.74) is 3.46. The molecular formula is C16H15N3O2. The highest BCUT2D eigenvalue weighted by Gasteiger charge is 2.13. The Hall–Kier alpha value is -2.69. The maximum atomic E-state index is 12.0. The third-order valence-electron chi connectivity index (χ3n) is 3.15. The van der Waals surface area contributed by atoms with E-state index in [0.717, 1.165) is 5.69 Å². The molecule has 0 radical (unpaired) electrons. The van der Waals surface area contributed by atoms with Crippen LogP contribution in [0.2, 0.25) is 0 Å². The summed E-state index contributed by atoms with van der Waals surface area (Å²) < 4.78 is 5.74. The van der Waals surface area contributed by atoms with E-state index < -0.39 is 0 Å². The molecule has 21 heavy (non-hydrogen) atoms. The van der Waals surface area contributed by atoms with Crippen molar-refractivity contribution in [3.8, 4) is 11.6 Å². The number of aromatic nitrogens is 2. The summed E-state index contributed by atoms with van der Waals surface area (Å²) in [7, 11) is 3.43. The second kappa shape index (κ2) is 5.01. The van der Waals surface area contributed by atoms with Gasteiger partial charge in [-0.2, -0.15) is 0 Å². The van der Waals surface area contributed by atoms with Crippen LogP contribution in [0.1, 0.15) is 16.1 Å². The Kier molecular flexibility index (Phi) is 3.17. The van der Waals surface area contributed by atoms with Gasteiger partial charge in [-0.1, -0.05) is 6.07 Å². The van der Waals surface area contributed by atoms with Crippen molar-refractivity contribution >= 4 is 17.0 Å². The SMILES string of the molecule is Cc1cccc(-c2nc3ccc(C(=O)N(C)C)cc3o2)n1. The Morgan fingerprint density at radius 1 is 1.14 bits per heavy atom. The van der Waals surface area contributed by atoms with Crippen LogP contribution in [0.3, 0.4) is 0 Å². The van der Waals surface area contributed by atoms with Crippen LogP contribution in [0.5, 0.6) is 0 Å². The largest absolute Gasteiger partial charge is 0.435 e. The average Bonchev–Trinajstić information content (AvgIpc) is 2.89. The lowest BCUT2D eigenvalue weighted by Gasteiger charge is -2.09. The summed E-state index contributed by atoms with van der Waals surface area (Å²) in [6.45, 7) is 1.92. The number of hydrogen-bond acceptors (Lipinski definition) is 4. The van der Waals surface area contributed by atoms with Gasteiger partial charge in [-0.25, -0.2) is 9.97 Å². The molecule has 0 spiro atoms. The summed E-state index contributed by atoms with van der Waals surface area (Å²) in [6, 6.07) is 10.9. The quantitative estimate of drug-likeness (QED) is 0.724. The van der Waals surface area contributed by atoms with Gasteiger partial charge in [-0.15, -0.1) is 0 Å². The standard InChI is InChI=1S/C16H15N3O2/c1-10-5-4-6-13(17-10)15-18-12-8-7-11(9-14(12)21-15)16(20)19(2)3/h4-9H,1-3H3. The van der Waals surface area contributed by atoms with E-state index in [1.807, 2.05) is 25.1 Å². The van der Waals surface area contributed by atoms with Gasteiger partial charge in [0.1, 0.15) is 11.2 Å². The normalized spacial score (nSPS) is 10.8. The fourth-order valence-corrected chi connectivity index (χ4v) is 2.09. The van der Waals surface area contributed by atoms with E-state index in [2.05, 4.69) is 9.97 Å². The number of benzene rings is 1. The Labute approximate surface area is 122 Å². The van der Waals surface area contributed by atoms with Crippen molar-refractivity contribution in [2.45, 2.75) is 6.92 Å². The number of amides is 1. The van der Waals surface area contributed by atoms with Gasteiger partial charge < -0.3 is 9.32 Å². The molecule has 1 amide bonds. The molecule has 2 aromatic heterocycles. The molecule has 0 aliphatic rings. The Morgan fingerprint density at radius 3 is 2.67 bits per heavy atom. The van der Waals surface area contributed by atoms with E-state index in [1.54, 1.807) is 32.3 Å². The number of fused-ring (bicyclic) bond motifs is 1. The van der Waals surface area contributed by atoms with Crippen molar-refractivity contribution in [2.75, 3.05) is 14.1 Å². The molecule has 2 heterocycles. The fraction of sp³-hybridized carbons (Fsp3) is 0.188. The molecule has 0 fully saturated rings. The van der Waals surface area contributed by atoms with Crippen LogP contribution in [0.4, 0.5) is 0 Å². The molecule has 0 aliphatic carbocycles. The molecule has 3 rings (SSSR count). The number of nitrogens with zero attached hydrogens (tertiary/aromatic N) is 3. The van der Waals surface area contributed by atoms with Crippen LogP contribution in [0.15, 0.2) is 40.8 Å². The smallest absolute Gasteiger partial charge is 0.253 e. The van der Waals surface area contributed by atoms with Crippen molar-refractivity contribution in [1.29, 1.82) is 0 Å². The molecule has 0 saturated heterocycles. The zero-order chi connectivity index (χ0) is 15.0. The highest BCUT2D eigenvalue weighted by molar-refractivity contribution is 5.96. The topological polar surface area (TPSA) is 59.2 Å². The minimum atomic E-state index is -0.0662. The van der Waals surface area contributed by atoms with E-state index >= 15 is 0 Å². The summed E-state index contributed by atoms with van der Waals surface area (Å²) in [5, 5.41) is 0. The van der Waals surface area contributed by atoms with Gasteiger partial charge in [0, 0.05) is 25.4 Å². The summed E-state index contributed by atoms with van der Waals surface area (Å²) >= 11 is 0. The van der Waals surface area contributed by atoms with Gasteiger partial charge in [-0.3, -0.25) is 4.79 Å². The molecule has 5 heteroatoms. The van der Waals surface area contributed by atoms with Gasteiger partial charge in [-0.05, 0) is 37.3 Å². The number of oxazole rings is 1. The molecule has 0 aliphatic heterocycles. The Morgan fingerprint density at radius 2 is 1.95 bits per heavy atom. The van der Waals surface area contributed by atoms with Crippen molar-refractivity contribution in [2.24, 2.45) is 0 Å². The van der Waals surface area contributed by atoms with Crippen LogP contribution in [0, 0.1) is 6.92 Å². The molecule has 5 nitrogen and oxygen atoms in total. The Bertz CT molecular complexity index is 821. The molecule has 106 valence electrons. The van der Waals surface area contributed by atoms with E-state index in [4.69, 9.17) is 4.42 Å². The molecular weight excluding hydrogens is 266 g/mol. The van der Waals surface area contributed by atoms with Crippen molar-refractivity contribution < 1.29 is 9.21 Å². The van der Waals surface area contributed by atoms with E-state index in [1.165, 1.54) is 4.90 Å². The summed E-state index contributed by atoms with van der Waals surface area (Å²) in [4.78, 5) is 22.3. The van der Waals surface area contributed by atoms with Gasteiger partial charge in [0.05, 0.1) is 0 Å². The second-order valence-electron chi connectivity index (χ2n) is 5.07. The number of rotatable bonds is 2. The lowest BCUT2D eigenvalue weighted by Crippen LogP contribution is -2.21. The third-order valence-corrected chi connectivity index (χ3v) is 3.15. The maximum Gasteiger partial charge on any atom is 0.253 e. The lowest BCUT2D eigenvalue weighted by atomic mass is 10.2. The first-order valence-corrected chi connectivity index (χ1v) is 6.61. The number of aryl methyl sites for hydroxylation is 1. The zero-order valence-corrected chi connectivity index (χ0v) is 12.1. The monoisotopic (exact) mass is 281 g/mol. The minimum absolute atomic E-state index is 0.0662. The first-order valence-electron chi connectivity index (χ1n) is 6.61. The number of hydrogen-bond donors (Lipinski definition) is 0. The predicted octanol–water partition coefficient (Wildman–Crippen LogP) is 2.90. The van der Waals surface area contributed by atoms with Gasteiger partial charge in [0.2, 0.25) is 5.89 Å². The third kappa shape index (κ3) is 2.50.